The first kappa shape index (κ1) is 47.2. The zero-order chi connectivity index (χ0) is 45.2. The Kier molecular flexibility index (Phi) is 14.4. The van der Waals surface area contributed by atoms with Crippen LogP contribution in [0.5, 0.6) is 0 Å². The number of fused-ring (bicyclic) bond motifs is 9. The first-order chi connectivity index (χ1) is 30.7. The molecule has 0 bridgehead atoms. The van der Waals surface area contributed by atoms with E-state index in [1.165, 1.54) is 42.1 Å². The van der Waals surface area contributed by atoms with Gasteiger partial charge in [-0.05, 0) is 58.7 Å². The van der Waals surface area contributed by atoms with Gasteiger partial charge in [-0.25, -0.2) is 4.98 Å². The van der Waals surface area contributed by atoms with Crippen LogP contribution in [0, 0.1) is 30.7 Å². The number of aliphatic hydroxyl groups is 2. The van der Waals surface area contributed by atoms with E-state index in [0.29, 0.717) is 6.42 Å². The summed E-state index contributed by atoms with van der Waals surface area (Å²) < 4.78 is 2.64. The molecule has 0 spiro atoms. The largest absolute Gasteiger partial charge is 0.392 e. The summed E-state index contributed by atoms with van der Waals surface area (Å²) in [6.07, 6.45) is 3.27. The third-order valence-corrected chi connectivity index (χ3v) is 13.0. The summed E-state index contributed by atoms with van der Waals surface area (Å²) in [7, 11) is 0. The number of nitrogens with zero attached hydrogens (tertiary/aromatic N) is 4. The molecule has 65 heavy (non-hydrogen) atoms. The zero-order valence-electron chi connectivity index (χ0n) is 38.2. The monoisotopic (exact) mass is 1050 g/mol. The number of hydrogen-bond donors (Lipinski definition) is 2. The van der Waals surface area contributed by atoms with Crippen molar-refractivity contribution in [1.29, 1.82) is 0 Å². The van der Waals surface area contributed by atoms with Crippen molar-refractivity contribution in [3.05, 3.63) is 169 Å². The van der Waals surface area contributed by atoms with Crippen LogP contribution in [0.3, 0.4) is 0 Å². The molecule has 0 saturated heterocycles. The van der Waals surface area contributed by atoms with Crippen LogP contribution in [-0.4, -0.2) is 42.4 Å². The maximum atomic E-state index is 9.76. The molecule has 1 radical (unpaired) electrons. The molecule has 3 aromatic heterocycles. The van der Waals surface area contributed by atoms with Crippen molar-refractivity contribution < 1.29 is 30.3 Å². The minimum absolute atomic E-state index is 0. The normalized spacial score (nSPS) is 12.6. The van der Waals surface area contributed by atoms with E-state index in [1.54, 1.807) is 6.20 Å². The summed E-state index contributed by atoms with van der Waals surface area (Å²) in [6, 6.07) is 51.9. The molecule has 8 heteroatoms. The van der Waals surface area contributed by atoms with E-state index in [1.807, 2.05) is 97.2 Å². The molecule has 3 heterocycles. The number of aryl methyl sites for hydroxylation is 2. The molecular weight excluding hydrogens is 997 g/mol. The SMILES string of the molecule is CC(C)(C)C(O)CC(O)C(C)(C)C.Cc1cnc(-c2[c-]cccc2)c(C)n1.[Ir].c1cc(-c2cnc3c4ccccc4c4ccccc4c3n2)cc(-c2cccc3c2sc2ccccc23)c1. The minimum Gasteiger partial charge on any atom is -0.392 e. The van der Waals surface area contributed by atoms with Gasteiger partial charge in [0.25, 0.3) is 0 Å². The Morgan fingerprint density at radius 3 is 1.77 bits per heavy atom. The van der Waals surface area contributed by atoms with Crippen LogP contribution in [0.15, 0.2) is 152 Å². The zero-order valence-corrected chi connectivity index (χ0v) is 41.4. The Morgan fingerprint density at radius 1 is 0.569 bits per heavy atom. The van der Waals surface area contributed by atoms with Crippen molar-refractivity contribution in [2.75, 3.05) is 0 Å². The second-order valence-corrected chi connectivity index (χ2v) is 19.7. The fourth-order valence-electron chi connectivity index (χ4n) is 7.90. The first-order valence-electron chi connectivity index (χ1n) is 21.9. The maximum absolute atomic E-state index is 9.76. The maximum Gasteiger partial charge on any atom is 0.0979 e. The van der Waals surface area contributed by atoms with Gasteiger partial charge in [-0.15, -0.1) is 47.2 Å². The number of thiophene rings is 1. The van der Waals surface area contributed by atoms with Crippen LogP contribution in [0.2, 0.25) is 0 Å². The first-order valence-corrected chi connectivity index (χ1v) is 22.7. The number of rotatable bonds is 5. The van der Waals surface area contributed by atoms with Gasteiger partial charge in [0.1, 0.15) is 0 Å². The summed E-state index contributed by atoms with van der Waals surface area (Å²) in [5, 5.41) is 26.9. The molecule has 0 aliphatic heterocycles. The summed E-state index contributed by atoms with van der Waals surface area (Å²) in [6.45, 7) is 15.8. The van der Waals surface area contributed by atoms with Gasteiger partial charge >= 0.3 is 0 Å². The summed E-state index contributed by atoms with van der Waals surface area (Å²) in [4.78, 5) is 18.9. The number of hydrogen-bond acceptors (Lipinski definition) is 7. The van der Waals surface area contributed by atoms with Crippen molar-refractivity contribution in [1.82, 2.24) is 19.9 Å². The fourth-order valence-corrected chi connectivity index (χ4v) is 9.14. The van der Waals surface area contributed by atoms with Crippen LogP contribution in [-0.2, 0) is 20.1 Å². The molecule has 331 valence electrons. The number of benzene rings is 7. The van der Waals surface area contributed by atoms with Gasteiger partial charge in [-0.2, -0.15) is 0 Å². The van der Waals surface area contributed by atoms with Crippen LogP contribution in [0.1, 0.15) is 59.4 Å². The predicted molar refractivity (Wildman–Crippen MR) is 270 cm³/mol. The second kappa shape index (κ2) is 19.8. The molecular formula is C57H55IrN4O2S-. The van der Waals surface area contributed by atoms with Crippen LogP contribution >= 0.6 is 11.3 Å². The third-order valence-electron chi connectivity index (χ3n) is 11.8. The smallest absolute Gasteiger partial charge is 0.0979 e. The van der Waals surface area contributed by atoms with E-state index in [0.717, 1.165) is 55.7 Å². The average Bonchev–Trinajstić information content (AvgIpc) is 3.68. The van der Waals surface area contributed by atoms with E-state index in [-0.39, 0.29) is 30.9 Å². The molecule has 7 aromatic carbocycles. The van der Waals surface area contributed by atoms with Gasteiger partial charge in [-0.1, -0.05) is 145 Å². The molecule has 2 N–H and O–H groups in total. The Hall–Kier alpha value is -5.73. The molecule has 0 fully saturated rings. The molecule has 10 aromatic rings. The van der Waals surface area contributed by atoms with E-state index in [4.69, 9.17) is 9.97 Å². The quantitative estimate of drug-likeness (QED) is 0.132. The standard InChI is InChI=1S/C34H20N2S.C12H11N2.C11H24O2.Ir/c1-3-14-27-24(11-1)25-12-2-4-15-28(25)33-32(27)35-20-30(36-33)22-10-7-9-21(19-22)23-16-8-17-29-26-13-5-6-18-31(26)37-34(23)29;1-9-8-13-12(10(2)14-9)11-6-4-3-5-7-11;1-10(2,3)8(12)7-9(13)11(4,5)6;/h1-20H;3-6,8H,1-2H3;8-9,12-13H,7H2,1-6H3;/q;-1;;. The fraction of sp³-hybridized carbons (Fsp3) is 0.228. The van der Waals surface area contributed by atoms with Crippen molar-refractivity contribution >= 4 is 64.1 Å². The Labute approximate surface area is 399 Å². The van der Waals surface area contributed by atoms with Gasteiger partial charge in [0.2, 0.25) is 0 Å². The molecule has 10 rings (SSSR count). The van der Waals surface area contributed by atoms with E-state index < -0.39 is 12.2 Å². The Morgan fingerprint density at radius 2 is 1.14 bits per heavy atom. The van der Waals surface area contributed by atoms with Gasteiger partial charge in [-0.3, -0.25) is 9.97 Å². The van der Waals surface area contributed by atoms with Gasteiger partial charge in [0.05, 0.1) is 40.8 Å². The second-order valence-electron chi connectivity index (χ2n) is 18.6. The van der Waals surface area contributed by atoms with Crippen LogP contribution < -0.4 is 0 Å². The van der Waals surface area contributed by atoms with E-state index in [9.17, 15) is 10.2 Å². The Bertz CT molecular complexity index is 3190. The molecule has 0 aliphatic carbocycles. The van der Waals surface area contributed by atoms with Crippen molar-refractivity contribution in [3.8, 4) is 33.6 Å². The summed E-state index contributed by atoms with van der Waals surface area (Å²) >= 11 is 1.86. The topological polar surface area (TPSA) is 92.0 Å². The molecule has 0 saturated carbocycles. The van der Waals surface area contributed by atoms with Crippen molar-refractivity contribution in [2.24, 2.45) is 10.8 Å². The minimum atomic E-state index is -0.443. The number of aromatic nitrogens is 4. The predicted octanol–water partition coefficient (Wildman–Crippen LogP) is 14.4. The van der Waals surface area contributed by atoms with Gasteiger partial charge in [0, 0.05) is 80.6 Å². The van der Waals surface area contributed by atoms with Gasteiger partial charge in [0.15, 0.2) is 0 Å². The molecule has 2 unspecified atom stereocenters. The van der Waals surface area contributed by atoms with E-state index >= 15 is 0 Å². The average molecular weight is 1050 g/mol. The van der Waals surface area contributed by atoms with Crippen LogP contribution in [0.4, 0.5) is 0 Å². The summed E-state index contributed by atoms with van der Waals surface area (Å²) in [5.74, 6) is 0. The van der Waals surface area contributed by atoms with Gasteiger partial charge < -0.3 is 15.2 Å². The summed E-state index contributed by atoms with van der Waals surface area (Å²) in [5.41, 5.74) is 9.82. The molecule has 6 nitrogen and oxygen atoms in total. The Balaban J connectivity index is 0.000000186. The molecule has 0 amide bonds. The number of aliphatic hydroxyl groups excluding tert-OH is 2. The van der Waals surface area contributed by atoms with E-state index in [2.05, 4.69) is 131 Å². The van der Waals surface area contributed by atoms with Crippen molar-refractivity contribution in [2.45, 2.75) is 74.0 Å². The van der Waals surface area contributed by atoms with Crippen LogP contribution in [0.25, 0.3) is 86.4 Å². The van der Waals surface area contributed by atoms with Crippen molar-refractivity contribution in [3.63, 3.8) is 0 Å². The molecule has 2 atom stereocenters. The molecule has 0 aliphatic rings. The third kappa shape index (κ3) is 10.4.